The van der Waals surface area contributed by atoms with Crippen molar-refractivity contribution in [2.24, 2.45) is 5.92 Å². The number of aryl methyl sites for hydroxylation is 1. The molecular formula is C23H23F3N4O3S. The van der Waals surface area contributed by atoms with Gasteiger partial charge in [-0.3, -0.25) is 4.79 Å². The van der Waals surface area contributed by atoms with Crippen molar-refractivity contribution in [3.05, 3.63) is 58.6 Å². The molecule has 0 aliphatic carbocycles. The highest BCUT2D eigenvalue weighted by molar-refractivity contribution is 7.14. The first kappa shape index (κ1) is 24.1. The van der Waals surface area contributed by atoms with Gasteiger partial charge in [0, 0.05) is 52.7 Å². The molecule has 0 saturated carbocycles. The number of rotatable bonds is 7. The number of hydrogen-bond acceptors (Lipinski definition) is 7. The minimum atomic E-state index is -4.62. The summed E-state index contributed by atoms with van der Waals surface area (Å²) in [4.78, 5) is 25.2. The molecule has 34 heavy (non-hydrogen) atoms. The third kappa shape index (κ3) is 5.89. The van der Waals surface area contributed by atoms with Gasteiger partial charge in [0.15, 0.2) is 0 Å². The summed E-state index contributed by atoms with van der Waals surface area (Å²) in [5.74, 6) is -0.803. The van der Waals surface area contributed by atoms with Gasteiger partial charge < -0.3 is 14.8 Å². The Morgan fingerprint density at radius 2 is 2.00 bits per heavy atom. The van der Waals surface area contributed by atoms with Gasteiger partial charge in [0.25, 0.3) is 5.91 Å². The number of benzene rings is 1. The molecule has 1 aliphatic rings. The van der Waals surface area contributed by atoms with Crippen molar-refractivity contribution in [1.82, 2.24) is 20.3 Å². The van der Waals surface area contributed by atoms with Gasteiger partial charge in [0.2, 0.25) is 5.82 Å². The molecule has 0 unspecified atom stereocenters. The Balaban J connectivity index is 1.53. The van der Waals surface area contributed by atoms with Crippen LogP contribution in [0.5, 0.6) is 5.75 Å². The Morgan fingerprint density at radius 3 is 2.62 bits per heavy atom. The molecule has 0 spiro atoms. The summed E-state index contributed by atoms with van der Waals surface area (Å²) in [6.45, 7) is 5.43. The molecular weight excluding hydrogens is 469 g/mol. The lowest BCUT2D eigenvalue weighted by Gasteiger charge is -2.16. The van der Waals surface area contributed by atoms with E-state index in [-0.39, 0.29) is 0 Å². The average molecular weight is 493 g/mol. The van der Waals surface area contributed by atoms with E-state index in [1.165, 1.54) is 11.3 Å². The van der Waals surface area contributed by atoms with Gasteiger partial charge in [0.05, 0.1) is 19.3 Å². The SMILES string of the molecule is Cc1cnc(-c2cc(OC[C@@H]3CCOC3)cc(C(=O)N[C@H](C)c3cnc(C(F)(F)F)nc3)c2)s1. The van der Waals surface area contributed by atoms with Crippen LogP contribution in [0, 0.1) is 12.8 Å². The van der Waals surface area contributed by atoms with Crippen LogP contribution in [-0.2, 0) is 10.9 Å². The number of nitrogens with zero attached hydrogens (tertiary/aromatic N) is 3. The fraction of sp³-hybridized carbons (Fsp3) is 0.391. The van der Waals surface area contributed by atoms with Crippen LogP contribution in [0.25, 0.3) is 10.6 Å². The van der Waals surface area contributed by atoms with Crippen molar-refractivity contribution in [2.45, 2.75) is 32.5 Å². The van der Waals surface area contributed by atoms with E-state index in [1.54, 1.807) is 25.3 Å². The molecule has 3 aromatic rings. The van der Waals surface area contributed by atoms with Crippen molar-refractivity contribution in [3.8, 4) is 16.3 Å². The van der Waals surface area contributed by atoms with Gasteiger partial charge in [-0.15, -0.1) is 11.3 Å². The topological polar surface area (TPSA) is 86.2 Å². The molecule has 3 heterocycles. The Kier molecular flexibility index (Phi) is 7.13. The lowest BCUT2D eigenvalue weighted by molar-refractivity contribution is -0.145. The summed E-state index contributed by atoms with van der Waals surface area (Å²) in [5.41, 5.74) is 1.45. The second kappa shape index (κ2) is 10.1. The number of carbonyl (C=O) groups excluding carboxylic acids is 1. The zero-order chi connectivity index (χ0) is 24.3. The van der Waals surface area contributed by atoms with Crippen LogP contribution in [0.1, 0.15) is 46.0 Å². The molecule has 1 aromatic carbocycles. The largest absolute Gasteiger partial charge is 0.493 e. The molecule has 11 heteroatoms. The average Bonchev–Trinajstić information content (AvgIpc) is 3.49. The quantitative estimate of drug-likeness (QED) is 0.508. The number of nitrogens with one attached hydrogen (secondary N) is 1. The Morgan fingerprint density at radius 1 is 1.24 bits per heavy atom. The molecule has 0 radical (unpaired) electrons. The molecule has 1 amide bonds. The van der Waals surface area contributed by atoms with Crippen molar-refractivity contribution >= 4 is 17.2 Å². The Bertz CT molecular complexity index is 1150. The van der Waals surface area contributed by atoms with Gasteiger partial charge in [-0.05, 0) is 38.5 Å². The molecule has 2 atom stereocenters. The molecule has 2 aromatic heterocycles. The van der Waals surface area contributed by atoms with Crippen LogP contribution in [0.4, 0.5) is 13.2 Å². The molecule has 1 fully saturated rings. The second-order valence-corrected chi connectivity index (χ2v) is 9.33. The summed E-state index contributed by atoms with van der Waals surface area (Å²) in [6.07, 6.45) is 0.184. The summed E-state index contributed by atoms with van der Waals surface area (Å²) < 4.78 is 49.5. The Hall–Kier alpha value is -3.05. The first-order chi connectivity index (χ1) is 16.2. The molecule has 1 aliphatic heterocycles. The smallest absolute Gasteiger partial charge is 0.451 e. The predicted octanol–water partition coefficient (Wildman–Crippen LogP) is 4.83. The van der Waals surface area contributed by atoms with Gasteiger partial charge in [-0.1, -0.05) is 0 Å². The van der Waals surface area contributed by atoms with E-state index in [1.807, 2.05) is 13.0 Å². The van der Waals surface area contributed by atoms with Gasteiger partial charge in [-0.2, -0.15) is 13.2 Å². The number of halogens is 3. The number of amides is 1. The number of ether oxygens (including phenoxy) is 2. The monoisotopic (exact) mass is 492 g/mol. The molecule has 0 bridgehead atoms. The summed E-state index contributed by atoms with van der Waals surface area (Å²) in [6, 6.07) is 4.60. The molecule has 7 nitrogen and oxygen atoms in total. The Labute approximate surface area is 198 Å². The zero-order valence-corrected chi connectivity index (χ0v) is 19.4. The van der Waals surface area contributed by atoms with E-state index in [0.717, 1.165) is 34.3 Å². The van der Waals surface area contributed by atoms with Crippen LogP contribution >= 0.6 is 11.3 Å². The van der Waals surface area contributed by atoms with Crippen molar-refractivity contribution in [2.75, 3.05) is 19.8 Å². The van der Waals surface area contributed by atoms with E-state index in [2.05, 4.69) is 20.3 Å². The van der Waals surface area contributed by atoms with E-state index in [0.29, 0.717) is 42.6 Å². The van der Waals surface area contributed by atoms with Crippen molar-refractivity contribution < 1.29 is 27.4 Å². The van der Waals surface area contributed by atoms with Crippen molar-refractivity contribution in [1.29, 1.82) is 0 Å². The third-order valence-corrected chi connectivity index (χ3v) is 6.28. The van der Waals surface area contributed by atoms with Crippen LogP contribution in [0.2, 0.25) is 0 Å². The van der Waals surface area contributed by atoms with Gasteiger partial charge in [0.1, 0.15) is 10.8 Å². The number of carbonyl (C=O) groups is 1. The molecule has 1 saturated heterocycles. The van der Waals surface area contributed by atoms with Crippen LogP contribution in [0.3, 0.4) is 0 Å². The zero-order valence-electron chi connectivity index (χ0n) is 18.6. The van der Waals surface area contributed by atoms with Crippen molar-refractivity contribution in [3.63, 3.8) is 0 Å². The van der Waals surface area contributed by atoms with E-state index >= 15 is 0 Å². The molecule has 1 N–H and O–H groups in total. The van der Waals surface area contributed by atoms with Gasteiger partial charge >= 0.3 is 6.18 Å². The predicted molar refractivity (Wildman–Crippen MR) is 120 cm³/mol. The summed E-state index contributed by atoms with van der Waals surface area (Å²) in [7, 11) is 0. The normalized spacial score (nSPS) is 16.9. The second-order valence-electron chi connectivity index (χ2n) is 8.10. The number of hydrogen-bond donors (Lipinski definition) is 1. The minimum Gasteiger partial charge on any atom is -0.493 e. The summed E-state index contributed by atoms with van der Waals surface area (Å²) >= 11 is 1.50. The fourth-order valence-electron chi connectivity index (χ4n) is 3.43. The maximum Gasteiger partial charge on any atom is 0.451 e. The number of alkyl halides is 3. The first-order valence-electron chi connectivity index (χ1n) is 10.7. The van der Waals surface area contributed by atoms with Gasteiger partial charge in [-0.25, -0.2) is 15.0 Å². The molecule has 180 valence electrons. The minimum absolute atomic E-state index is 0.294. The highest BCUT2D eigenvalue weighted by atomic mass is 32.1. The lowest BCUT2D eigenvalue weighted by Crippen LogP contribution is -2.27. The highest BCUT2D eigenvalue weighted by Gasteiger charge is 2.34. The maximum absolute atomic E-state index is 13.0. The number of aromatic nitrogens is 3. The van der Waals surface area contributed by atoms with Crippen LogP contribution in [-0.4, -0.2) is 40.7 Å². The van der Waals surface area contributed by atoms with E-state index in [4.69, 9.17) is 9.47 Å². The first-order valence-corrected chi connectivity index (χ1v) is 11.5. The maximum atomic E-state index is 13.0. The number of thiazole rings is 1. The lowest BCUT2D eigenvalue weighted by atomic mass is 10.1. The van der Waals surface area contributed by atoms with Crippen LogP contribution < -0.4 is 10.1 Å². The molecule has 4 rings (SSSR count). The summed E-state index contributed by atoms with van der Waals surface area (Å²) in [5, 5.41) is 3.54. The van der Waals surface area contributed by atoms with Crippen LogP contribution in [0.15, 0.2) is 36.8 Å². The van der Waals surface area contributed by atoms with E-state index < -0.39 is 23.9 Å². The highest BCUT2D eigenvalue weighted by Crippen LogP contribution is 2.30. The fourth-order valence-corrected chi connectivity index (χ4v) is 4.18. The van der Waals surface area contributed by atoms with E-state index in [9.17, 15) is 18.0 Å². The standard InChI is InChI=1S/C23H23F3N4O3S/c1-13-8-27-21(34-13)17-5-16(6-19(7-17)33-12-15-3-4-32-11-15)20(31)30-14(2)18-9-28-22(29-10-18)23(24,25)26/h5-10,14-15H,3-4,11-12H2,1-2H3,(H,30,31)/t14-,15-/m1/s1. The third-order valence-electron chi connectivity index (χ3n) is 5.32.